The molecular formula is C32H31F3N6O3S. The van der Waals surface area contributed by atoms with Crippen molar-refractivity contribution in [3.05, 3.63) is 89.7 Å². The smallest absolute Gasteiger partial charge is 0.406 e. The number of aromatic nitrogens is 3. The number of carbonyl (C=O) groups is 2. The summed E-state index contributed by atoms with van der Waals surface area (Å²) in [6.45, 7) is 6.36. The van der Waals surface area contributed by atoms with Crippen molar-refractivity contribution in [3.63, 3.8) is 0 Å². The van der Waals surface area contributed by atoms with Gasteiger partial charge in [-0.05, 0) is 60.7 Å². The molecule has 3 amide bonds. The van der Waals surface area contributed by atoms with Gasteiger partial charge in [0.1, 0.15) is 12.1 Å². The number of urea groups is 1. The number of para-hydroxylation sites is 1. The predicted molar refractivity (Wildman–Crippen MR) is 168 cm³/mol. The second kappa shape index (κ2) is 13.6. The number of nitrogens with zero attached hydrogens (tertiary/aromatic N) is 5. The van der Waals surface area contributed by atoms with Crippen LogP contribution in [0.25, 0.3) is 17.1 Å². The van der Waals surface area contributed by atoms with Crippen molar-refractivity contribution in [1.29, 1.82) is 0 Å². The van der Waals surface area contributed by atoms with Crippen LogP contribution in [0.2, 0.25) is 0 Å². The summed E-state index contributed by atoms with van der Waals surface area (Å²) in [6, 6.07) is 18.4. The van der Waals surface area contributed by atoms with Crippen LogP contribution in [0, 0.1) is 6.92 Å². The second-order valence-corrected chi connectivity index (χ2v) is 11.3. The minimum atomic E-state index is -4.76. The lowest BCUT2D eigenvalue weighted by Gasteiger charge is -2.22. The molecule has 1 unspecified atom stereocenters. The average Bonchev–Trinajstić information content (AvgIpc) is 3.64. The van der Waals surface area contributed by atoms with E-state index in [2.05, 4.69) is 25.1 Å². The van der Waals surface area contributed by atoms with Crippen LogP contribution in [-0.2, 0) is 11.2 Å². The van der Waals surface area contributed by atoms with E-state index in [-0.39, 0.29) is 23.3 Å². The summed E-state index contributed by atoms with van der Waals surface area (Å²) in [5.41, 5.74) is 5.05. The zero-order valence-electron chi connectivity index (χ0n) is 24.8. The maximum Gasteiger partial charge on any atom is 0.573 e. The highest BCUT2D eigenvalue weighted by Crippen LogP contribution is 2.33. The molecule has 1 saturated heterocycles. The molecule has 4 aromatic rings. The number of hydrogen-bond acceptors (Lipinski definition) is 6. The van der Waals surface area contributed by atoms with Gasteiger partial charge in [-0.25, -0.2) is 14.5 Å². The first kappa shape index (κ1) is 31.8. The SMILES string of the molecule is CCc1cccc(C)c1N1C(=O)CSC1=NC(=O)NCC(CC)c1ccc(-c2ncn(-c3ccc(OC(F)(F)F)cc3)n2)cc1. The first-order valence-corrected chi connectivity index (χ1v) is 15.3. The van der Waals surface area contributed by atoms with Crippen molar-refractivity contribution in [2.45, 2.75) is 45.9 Å². The van der Waals surface area contributed by atoms with Crippen LogP contribution in [0.15, 0.2) is 78.0 Å². The fourth-order valence-electron chi connectivity index (χ4n) is 5.05. The van der Waals surface area contributed by atoms with E-state index in [1.165, 1.54) is 47.0 Å². The number of hydrogen-bond donors (Lipinski definition) is 1. The number of aryl methyl sites for hydroxylation is 2. The average molecular weight is 637 g/mol. The maximum atomic E-state index is 12.9. The first-order valence-electron chi connectivity index (χ1n) is 14.3. The van der Waals surface area contributed by atoms with Gasteiger partial charge in [0.15, 0.2) is 11.0 Å². The number of aliphatic imine (C=N–C) groups is 1. The lowest BCUT2D eigenvalue weighted by molar-refractivity contribution is -0.274. The molecule has 1 aromatic heterocycles. The van der Waals surface area contributed by atoms with Gasteiger partial charge < -0.3 is 10.1 Å². The van der Waals surface area contributed by atoms with Gasteiger partial charge in [-0.2, -0.15) is 4.99 Å². The van der Waals surface area contributed by atoms with E-state index in [0.29, 0.717) is 23.2 Å². The number of alkyl halides is 3. The van der Waals surface area contributed by atoms with Crippen LogP contribution < -0.4 is 15.0 Å². The van der Waals surface area contributed by atoms with Crippen molar-refractivity contribution in [3.8, 4) is 22.8 Å². The number of thioether (sulfide) groups is 1. The summed E-state index contributed by atoms with van der Waals surface area (Å²) in [5.74, 6) is 0.267. The van der Waals surface area contributed by atoms with Crippen molar-refractivity contribution in [2.24, 2.45) is 4.99 Å². The standard InChI is InChI=1S/C32H31F3N6O3S/c1-4-21-8-6-7-20(3)28(21)41-27(42)18-45-31(41)38-30(43)36-17-22(5-2)23-9-11-24(12-10-23)29-37-19-40(39-29)25-13-15-26(16-14-25)44-32(33,34)35/h6-16,19,22H,4-5,17-18H2,1-3H3,(H,36,43). The molecule has 0 bridgehead atoms. The van der Waals surface area contributed by atoms with Crippen molar-refractivity contribution in [1.82, 2.24) is 20.1 Å². The summed E-state index contributed by atoms with van der Waals surface area (Å²) in [5, 5.41) is 7.72. The predicted octanol–water partition coefficient (Wildman–Crippen LogP) is 7.04. The van der Waals surface area contributed by atoms with E-state index >= 15 is 0 Å². The lowest BCUT2D eigenvalue weighted by Crippen LogP contribution is -2.33. The van der Waals surface area contributed by atoms with Gasteiger partial charge >= 0.3 is 12.4 Å². The number of nitrogens with one attached hydrogen (secondary N) is 1. The Hall–Kier alpha value is -4.65. The number of ether oxygens (including phenoxy) is 1. The number of anilines is 1. The van der Waals surface area contributed by atoms with Crippen molar-refractivity contribution < 1.29 is 27.5 Å². The van der Waals surface area contributed by atoms with Gasteiger partial charge in [0.2, 0.25) is 5.91 Å². The molecule has 1 fully saturated rings. The highest BCUT2D eigenvalue weighted by Gasteiger charge is 2.33. The summed E-state index contributed by atoms with van der Waals surface area (Å²) in [6.07, 6.45) is -1.77. The molecule has 1 N–H and O–H groups in total. The van der Waals surface area contributed by atoms with Gasteiger partial charge in [0, 0.05) is 18.0 Å². The minimum Gasteiger partial charge on any atom is -0.406 e. The third-order valence-corrected chi connectivity index (χ3v) is 8.27. The fourth-order valence-corrected chi connectivity index (χ4v) is 5.90. The molecule has 1 aliphatic heterocycles. The van der Waals surface area contributed by atoms with Gasteiger partial charge in [0.05, 0.1) is 17.1 Å². The molecule has 234 valence electrons. The molecule has 5 rings (SSSR count). The molecule has 0 aliphatic carbocycles. The number of rotatable bonds is 9. The molecular weight excluding hydrogens is 605 g/mol. The molecule has 0 radical (unpaired) electrons. The van der Waals surface area contributed by atoms with Crippen LogP contribution in [0.3, 0.4) is 0 Å². The molecule has 9 nitrogen and oxygen atoms in total. The summed E-state index contributed by atoms with van der Waals surface area (Å²) >= 11 is 1.25. The van der Waals surface area contributed by atoms with E-state index < -0.39 is 12.4 Å². The van der Waals surface area contributed by atoms with Gasteiger partial charge in [-0.1, -0.05) is 68.1 Å². The van der Waals surface area contributed by atoms with Crippen molar-refractivity contribution in [2.75, 3.05) is 17.2 Å². The Morgan fingerprint density at radius 1 is 1.09 bits per heavy atom. The van der Waals surface area contributed by atoms with E-state index in [9.17, 15) is 22.8 Å². The van der Waals surface area contributed by atoms with E-state index in [1.807, 2.05) is 63.2 Å². The Labute approximate surface area is 262 Å². The molecule has 1 atom stereocenters. The molecule has 13 heteroatoms. The third-order valence-electron chi connectivity index (χ3n) is 7.35. The first-order chi connectivity index (χ1) is 21.6. The quantitative estimate of drug-likeness (QED) is 0.212. The number of amidine groups is 1. The van der Waals surface area contributed by atoms with E-state index in [1.54, 1.807) is 4.90 Å². The minimum absolute atomic E-state index is 0.0168. The Morgan fingerprint density at radius 2 is 1.82 bits per heavy atom. The Kier molecular flexibility index (Phi) is 9.57. The fraction of sp³-hybridized carbons (Fsp3) is 0.281. The molecule has 45 heavy (non-hydrogen) atoms. The van der Waals surface area contributed by atoms with E-state index in [0.717, 1.165) is 40.8 Å². The van der Waals surface area contributed by atoms with Crippen LogP contribution in [0.1, 0.15) is 42.9 Å². The molecule has 0 saturated carbocycles. The van der Waals surface area contributed by atoms with Gasteiger partial charge in [-0.15, -0.1) is 18.3 Å². The number of halogens is 3. The Bertz CT molecular complexity index is 1700. The molecule has 2 heterocycles. The summed E-state index contributed by atoms with van der Waals surface area (Å²) in [7, 11) is 0. The molecule has 1 aliphatic rings. The van der Waals surface area contributed by atoms with Gasteiger partial charge in [0.25, 0.3) is 0 Å². The molecule has 0 spiro atoms. The Balaban J connectivity index is 1.23. The second-order valence-electron chi connectivity index (χ2n) is 10.3. The largest absolute Gasteiger partial charge is 0.573 e. The monoisotopic (exact) mass is 636 g/mol. The van der Waals surface area contributed by atoms with Crippen LogP contribution >= 0.6 is 11.8 Å². The number of carbonyl (C=O) groups excluding carboxylic acids is 2. The summed E-state index contributed by atoms with van der Waals surface area (Å²) < 4.78 is 42.7. The van der Waals surface area contributed by atoms with Crippen molar-refractivity contribution >= 4 is 34.6 Å². The number of amides is 3. The summed E-state index contributed by atoms with van der Waals surface area (Å²) in [4.78, 5) is 35.8. The lowest BCUT2D eigenvalue weighted by atomic mass is 9.95. The highest BCUT2D eigenvalue weighted by atomic mass is 32.2. The van der Waals surface area contributed by atoms with Crippen LogP contribution in [0.4, 0.5) is 23.7 Å². The Morgan fingerprint density at radius 3 is 2.49 bits per heavy atom. The van der Waals surface area contributed by atoms with Gasteiger partial charge in [-0.3, -0.25) is 9.69 Å². The third kappa shape index (κ3) is 7.54. The normalized spacial score (nSPS) is 15.0. The highest BCUT2D eigenvalue weighted by molar-refractivity contribution is 8.15. The van der Waals surface area contributed by atoms with E-state index in [4.69, 9.17) is 0 Å². The number of benzene rings is 3. The zero-order valence-corrected chi connectivity index (χ0v) is 25.7. The zero-order chi connectivity index (χ0) is 32.1. The van der Waals surface area contributed by atoms with Crippen LogP contribution in [0.5, 0.6) is 5.75 Å². The topological polar surface area (TPSA) is 102 Å². The maximum absolute atomic E-state index is 12.9. The molecule has 3 aromatic carbocycles. The van der Waals surface area contributed by atoms with Crippen LogP contribution in [-0.4, -0.2) is 50.5 Å².